The molecule has 0 atom stereocenters. The van der Waals surface area contributed by atoms with Gasteiger partial charge in [0.25, 0.3) is 0 Å². The Morgan fingerprint density at radius 1 is 0.400 bits per heavy atom. The van der Waals surface area contributed by atoms with Gasteiger partial charge in [-0.2, -0.15) is 0 Å². The molecule has 0 bridgehead atoms. The maximum absolute atomic E-state index is 7.21. The minimum Gasteiger partial charge on any atom is -0.453 e. The molecule has 10 aromatic rings. The highest BCUT2D eigenvalue weighted by atomic mass is 16.3. The summed E-state index contributed by atoms with van der Waals surface area (Å²) in [6.07, 6.45) is 0. The van der Waals surface area contributed by atoms with Crippen molar-refractivity contribution in [3.8, 4) is 33.4 Å². The largest absolute Gasteiger partial charge is 0.453 e. The first-order chi connectivity index (χ1) is 27.0. The smallest absolute Gasteiger partial charge is 0.159 e. The van der Waals surface area contributed by atoms with Gasteiger partial charge < -0.3 is 9.32 Å². The van der Waals surface area contributed by atoms with Crippen LogP contribution in [0.5, 0.6) is 0 Å². The Labute approximate surface area is 320 Å². The molecular formula is C53H37NO. The Morgan fingerprint density at radius 3 is 1.93 bits per heavy atom. The lowest BCUT2D eigenvalue weighted by Crippen LogP contribution is -2.16. The van der Waals surface area contributed by atoms with Crippen LogP contribution in [0.25, 0.3) is 76.9 Å². The molecule has 0 amide bonds. The first-order valence-corrected chi connectivity index (χ1v) is 19.1. The second-order valence-electron chi connectivity index (χ2n) is 15.3. The first-order valence-electron chi connectivity index (χ1n) is 19.1. The number of furan rings is 1. The van der Waals surface area contributed by atoms with Gasteiger partial charge in [-0.25, -0.2) is 0 Å². The van der Waals surface area contributed by atoms with E-state index in [2.05, 4.69) is 207 Å². The van der Waals surface area contributed by atoms with E-state index in [-0.39, 0.29) is 5.41 Å². The lowest BCUT2D eigenvalue weighted by molar-refractivity contribution is 0.660. The minimum absolute atomic E-state index is 0.117. The quantitative estimate of drug-likeness (QED) is 0.177. The van der Waals surface area contributed by atoms with Gasteiger partial charge in [-0.15, -0.1) is 0 Å². The molecule has 0 saturated heterocycles. The summed E-state index contributed by atoms with van der Waals surface area (Å²) in [5.74, 6) is 0. The van der Waals surface area contributed by atoms with E-state index in [1.54, 1.807) is 0 Å². The highest BCUT2D eigenvalue weighted by molar-refractivity contribution is 6.20. The molecule has 0 N–H and O–H groups in total. The number of anilines is 3. The number of rotatable bonds is 5. The molecule has 2 nitrogen and oxygen atoms in total. The van der Waals surface area contributed by atoms with Gasteiger partial charge in [-0.3, -0.25) is 0 Å². The van der Waals surface area contributed by atoms with E-state index in [0.717, 1.165) is 50.1 Å². The van der Waals surface area contributed by atoms with Crippen LogP contribution in [0, 0.1) is 0 Å². The summed E-state index contributed by atoms with van der Waals surface area (Å²) in [5.41, 5.74) is 14.8. The maximum Gasteiger partial charge on any atom is 0.159 e. The predicted octanol–water partition coefficient (Wildman–Crippen LogP) is 15.0. The summed E-state index contributed by atoms with van der Waals surface area (Å²) >= 11 is 0. The fourth-order valence-electron chi connectivity index (χ4n) is 9.08. The lowest BCUT2D eigenvalue weighted by Gasteiger charge is -2.28. The molecule has 1 aliphatic rings. The molecule has 260 valence electrons. The van der Waals surface area contributed by atoms with Gasteiger partial charge in [0.1, 0.15) is 5.58 Å². The fourth-order valence-corrected chi connectivity index (χ4v) is 9.08. The van der Waals surface area contributed by atoms with Crippen molar-refractivity contribution in [3.63, 3.8) is 0 Å². The molecule has 55 heavy (non-hydrogen) atoms. The maximum atomic E-state index is 7.21. The average molecular weight is 704 g/mol. The molecule has 11 rings (SSSR count). The van der Waals surface area contributed by atoms with Gasteiger partial charge in [0.15, 0.2) is 5.58 Å². The van der Waals surface area contributed by atoms with E-state index >= 15 is 0 Å². The molecule has 9 aromatic carbocycles. The van der Waals surface area contributed by atoms with Crippen LogP contribution in [0.15, 0.2) is 192 Å². The summed E-state index contributed by atoms with van der Waals surface area (Å²) in [5, 5.41) is 7.08. The normalized spacial score (nSPS) is 13.1. The summed E-state index contributed by atoms with van der Waals surface area (Å²) in [6.45, 7) is 4.68. The van der Waals surface area contributed by atoms with Crippen LogP contribution in [-0.4, -0.2) is 0 Å². The van der Waals surface area contributed by atoms with Crippen molar-refractivity contribution < 1.29 is 4.42 Å². The highest BCUT2D eigenvalue weighted by Crippen LogP contribution is 2.52. The van der Waals surface area contributed by atoms with E-state index in [1.807, 2.05) is 0 Å². The molecule has 0 unspecified atom stereocenters. The lowest BCUT2D eigenvalue weighted by atomic mass is 9.82. The Balaban J connectivity index is 1.10. The second kappa shape index (κ2) is 12.1. The van der Waals surface area contributed by atoms with Gasteiger partial charge in [0.2, 0.25) is 0 Å². The molecular weight excluding hydrogens is 667 g/mol. The highest BCUT2D eigenvalue weighted by Gasteiger charge is 2.36. The van der Waals surface area contributed by atoms with Crippen molar-refractivity contribution in [1.29, 1.82) is 0 Å². The Morgan fingerprint density at radius 2 is 1.07 bits per heavy atom. The first kappa shape index (κ1) is 31.6. The summed E-state index contributed by atoms with van der Waals surface area (Å²) in [6, 6.07) is 68.2. The predicted molar refractivity (Wildman–Crippen MR) is 232 cm³/mol. The summed E-state index contributed by atoms with van der Waals surface area (Å²) in [4.78, 5) is 2.36. The van der Waals surface area contributed by atoms with Crippen molar-refractivity contribution >= 4 is 60.5 Å². The minimum atomic E-state index is -0.117. The molecule has 0 spiro atoms. The standard InChI is InChI=1S/C53H37NO/c1-53(2)47-21-11-10-19-43(47)44-30-29-41(33-48(44)53)54(40-16-4-3-5-17-40)49-22-12-20-45-46-32-39-15-8-9-18-42(39)50(52(46)55-51(45)49)36-26-23-35(24-27-36)38-28-25-34-13-6-7-14-37(34)31-38/h3-33H,1-2H3. The molecule has 0 fully saturated rings. The van der Waals surface area contributed by atoms with Gasteiger partial charge in [0.05, 0.1) is 5.69 Å². The van der Waals surface area contributed by atoms with E-state index < -0.39 is 0 Å². The molecule has 2 heteroatoms. The third kappa shape index (κ3) is 4.88. The molecule has 0 radical (unpaired) electrons. The van der Waals surface area contributed by atoms with Gasteiger partial charge in [-0.1, -0.05) is 159 Å². The molecule has 1 aliphatic carbocycles. The molecule has 0 saturated carbocycles. The van der Waals surface area contributed by atoms with Crippen LogP contribution in [0.2, 0.25) is 0 Å². The number of hydrogen-bond acceptors (Lipinski definition) is 2. The monoisotopic (exact) mass is 703 g/mol. The average Bonchev–Trinajstić information content (AvgIpc) is 3.72. The molecule has 1 aromatic heterocycles. The second-order valence-corrected chi connectivity index (χ2v) is 15.3. The zero-order valence-electron chi connectivity index (χ0n) is 30.8. The van der Waals surface area contributed by atoms with Crippen molar-refractivity contribution in [2.75, 3.05) is 4.90 Å². The third-order valence-corrected chi connectivity index (χ3v) is 11.8. The van der Waals surface area contributed by atoms with Crippen molar-refractivity contribution in [3.05, 3.63) is 199 Å². The van der Waals surface area contributed by atoms with Crippen molar-refractivity contribution in [2.45, 2.75) is 19.3 Å². The van der Waals surface area contributed by atoms with Gasteiger partial charge in [-0.05, 0) is 103 Å². The van der Waals surface area contributed by atoms with Crippen molar-refractivity contribution in [2.24, 2.45) is 0 Å². The van der Waals surface area contributed by atoms with Gasteiger partial charge >= 0.3 is 0 Å². The zero-order valence-corrected chi connectivity index (χ0v) is 30.8. The molecule has 1 heterocycles. The number of hydrogen-bond donors (Lipinski definition) is 0. The van der Waals surface area contributed by atoms with E-state index in [9.17, 15) is 0 Å². The SMILES string of the molecule is CC1(C)c2ccccc2-c2ccc(N(c3ccccc3)c3cccc4c3oc3c(-c5ccc(-c6ccc7ccccc7c6)cc5)c5ccccc5cc34)cc21. The number of fused-ring (bicyclic) bond motifs is 8. The number of para-hydroxylation sites is 2. The van der Waals surface area contributed by atoms with E-state index in [0.29, 0.717) is 0 Å². The number of benzene rings is 9. The van der Waals surface area contributed by atoms with Crippen LogP contribution in [0.3, 0.4) is 0 Å². The third-order valence-electron chi connectivity index (χ3n) is 11.8. The fraction of sp³-hybridized carbons (Fsp3) is 0.0566. The Kier molecular flexibility index (Phi) is 6.93. The van der Waals surface area contributed by atoms with E-state index in [4.69, 9.17) is 4.42 Å². The van der Waals surface area contributed by atoms with Crippen LogP contribution >= 0.6 is 0 Å². The van der Waals surface area contributed by atoms with Gasteiger partial charge in [0, 0.05) is 33.1 Å². The Bertz CT molecular complexity index is 3110. The zero-order chi connectivity index (χ0) is 36.7. The molecule has 0 aliphatic heterocycles. The summed E-state index contributed by atoms with van der Waals surface area (Å²) < 4.78 is 7.21. The van der Waals surface area contributed by atoms with Crippen LogP contribution in [0.4, 0.5) is 17.1 Å². The topological polar surface area (TPSA) is 16.4 Å². The van der Waals surface area contributed by atoms with Crippen LogP contribution in [-0.2, 0) is 5.41 Å². The van der Waals surface area contributed by atoms with Crippen LogP contribution < -0.4 is 4.90 Å². The number of nitrogens with zero attached hydrogens (tertiary/aromatic N) is 1. The van der Waals surface area contributed by atoms with E-state index in [1.165, 1.54) is 54.9 Å². The van der Waals surface area contributed by atoms with Crippen molar-refractivity contribution in [1.82, 2.24) is 0 Å². The summed E-state index contributed by atoms with van der Waals surface area (Å²) in [7, 11) is 0. The Hall–Kier alpha value is -6.90. The van der Waals surface area contributed by atoms with Crippen LogP contribution in [0.1, 0.15) is 25.0 Å².